The van der Waals surface area contributed by atoms with Gasteiger partial charge in [0.25, 0.3) is 0 Å². The molecule has 3 rings (SSSR count). The predicted molar refractivity (Wildman–Crippen MR) is 67.2 cm³/mol. The maximum absolute atomic E-state index is 4.27. The Kier molecular flexibility index (Phi) is 2.49. The Balaban J connectivity index is 1.83. The molecule has 3 aromatic rings. The lowest BCUT2D eigenvalue weighted by molar-refractivity contribution is 1.08. The summed E-state index contributed by atoms with van der Waals surface area (Å²) in [4.78, 5) is 6.87. The number of nitrogens with one attached hydrogen (secondary N) is 1. The normalized spacial score (nSPS) is 10.9. The van der Waals surface area contributed by atoms with Crippen LogP contribution >= 0.6 is 11.3 Å². The SMILES string of the molecule is Cc1ccc(CNc2nccn3cnnc23)s1. The van der Waals surface area contributed by atoms with E-state index in [-0.39, 0.29) is 0 Å². The molecule has 5 nitrogen and oxygen atoms in total. The second-order valence-electron chi connectivity index (χ2n) is 3.70. The van der Waals surface area contributed by atoms with Crippen LogP contribution in [-0.2, 0) is 6.54 Å². The lowest BCUT2D eigenvalue weighted by Gasteiger charge is -2.04. The predicted octanol–water partition coefficient (Wildman–Crippen LogP) is 2.11. The van der Waals surface area contributed by atoms with E-state index in [0.717, 1.165) is 18.0 Å². The first kappa shape index (κ1) is 10.2. The van der Waals surface area contributed by atoms with Crippen molar-refractivity contribution in [3.63, 3.8) is 0 Å². The van der Waals surface area contributed by atoms with E-state index < -0.39 is 0 Å². The Labute approximate surface area is 102 Å². The molecule has 0 aliphatic heterocycles. The molecule has 0 bridgehead atoms. The van der Waals surface area contributed by atoms with Gasteiger partial charge >= 0.3 is 0 Å². The molecule has 0 amide bonds. The molecule has 0 fully saturated rings. The highest BCUT2D eigenvalue weighted by atomic mass is 32.1. The third-order valence-corrected chi connectivity index (χ3v) is 3.44. The molecule has 0 radical (unpaired) electrons. The molecule has 3 aromatic heterocycles. The Morgan fingerprint density at radius 2 is 2.35 bits per heavy atom. The van der Waals surface area contributed by atoms with Crippen molar-refractivity contribution in [3.05, 3.63) is 40.6 Å². The van der Waals surface area contributed by atoms with Crippen molar-refractivity contribution in [2.24, 2.45) is 0 Å². The van der Waals surface area contributed by atoms with E-state index in [1.165, 1.54) is 9.75 Å². The van der Waals surface area contributed by atoms with Crippen molar-refractivity contribution in [2.45, 2.75) is 13.5 Å². The van der Waals surface area contributed by atoms with Crippen LogP contribution in [-0.4, -0.2) is 19.6 Å². The van der Waals surface area contributed by atoms with Gasteiger partial charge in [-0.05, 0) is 19.1 Å². The highest BCUT2D eigenvalue weighted by Gasteiger charge is 2.04. The summed E-state index contributed by atoms with van der Waals surface area (Å²) in [5, 5.41) is 11.2. The number of rotatable bonds is 3. The fraction of sp³-hybridized carbons (Fsp3) is 0.182. The number of aromatic nitrogens is 4. The summed E-state index contributed by atoms with van der Waals surface area (Å²) in [5.74, 6) is 0.760. The lowest BCUT2D eigenvalue weighted by Crippen LogP contribution is -2.02. The van der Waals surface area contributed by atoms with E-state index in [9.17, 15) is 0 Å². The molecule has 1 N–H and O–H groups in total. The number of anilines is 1. The molecule has 0 spiro atoms. The van der Waals surface area contributed by atoms with Crippen LogP contribution in [0.1, 0.15) is 9.75 Å². The van der Waals surface area contributed by atoms with Crippen LogP contribution in [0.3, 0.4) is 0 Å². The van der Waals surface area contributed by atoms with Crippen LogP contribution in [0.5, 0.6) is 0 Å². The number of nitrogens with zero attached hydrogens (tertiary/aromatic N) is 4. The van der Waals surface area contributed by atoms with E-state index in [1.807, 2.05) is 10.6 Å². The molecule has 0 aliphatic rings. The Morgan fingerprint density at radius 3 is 3.18 bits per heavy atom. The summed E-state index contributed by atoms with van der Waals surface area (Å²) in [6.07, 6.45) is 5.23. The summed E-state index contributed by atoms with van der Waals surface area (Å²) in [6.45, 7) is 2.86. The van der Waals surface area contributed by atoms with Gasteiger partial charge in [0, 0.05) is 22.1 Å². The summed E-state index contributed by atoms with van der Waals surface area (Å²) in [7, 11) is 0. The van der Waals surface area contributed by atoms with Crippen LogP contribution in [0.4, 0.5) is 5.82 Å². The fourth-order valence-electron chi connectivity index (χ4n) is 1.63. The zero-order valence-electron chi connectivity index (χ0n) is 9.29. The molecule has 17 heavy (non-hydrogen) atoms. The third-order valence-electron chi connectivity index (χ3n) is 2.44. The maximum atomic E-state index is 4.27. The van der Waals surface area contributed by atoms with Crippen LogP contribution in [0.25, 0.3) is 5.65 Å². The molecule has 0 saturated carbocycles. The minimum Gasteiger partial charge on any atom is -0.362 e. The second kappa shape index (κ2) is 4.14. The van der Waals surface area contributed by atoms with Crippen molar-refractivity contribution < 1.29 is 0 Å². The zero-order chi connectivity index (χ0) is 11.7. The summed E-state index contributed by atoms with van der Waals surface area (Å²) in [6, 6.07) is 4.24. The van der Waals surface area contributed by atoms with E-state index in [2.05, 4.69) is 39.6 Å². The monoisotopic (exact) mass is 245 g/mol. The summed E-state index contributed by atoms with van der Waals surface area (Å²) in [5.41, 5.74) is 0.751. The highest BCUT2D eigenvalue weighted by molar-refractivity contribution is 7.11. The van der Waals surface area contributed by atoms with E-state index in [0.29, 0.717) is 0 Å². The van der Waals surface area contributed by atoms with E-state index in [1.54, 1.807) is 23.9 Å². The zero-order valence-corrected chi connectivity index (χ0v) is 10.1. The van der Waals surface area contributed by atoms with Gasteiger partial charge in [0.2, 0.25) is 5.65 Å². The third kappa shape index (κ3) is 1.99. The number of aryl methyl sites for hydroxylation is 1. The largest absolute Gasteiger partial charge is 0.362 e. The van der Waals surface area contributed by atoms with Crippen molar-refractivity contribution in [1.82, 2.24) is 19.6 Å². The highest BCUT2D eigenvalue weighted by Crippen LogP contribution is 2.17. The maximum Gasteiger partial charge on any atom is 0.203 e. The average molecular weight is 245 g/mol. The van der Waals surface area contributed by atoms with Gasteiger partial charge in [-0.15, -0.1) is 21.5 Å². The topological polar surface area (TPSA) is 55.1 Å². The lowest BCUT2D eigenvalue weighted by atomic mass is 10.4. The van der Waals surface area contributed by atoms with Crippen molar-refractivity contribution in [2.75, 3.05) is 5.32 Å². The van der Waals surface area contributed by atoms with E-state index >= 15 is 0 Å². The fourth-order valence-corrected chi connectivity index (χ4v) is 2.46. The van der Waals surface area contributed by atoms with Crippen molar-refractivity contribution in [3.8, 4) is 0 Å². The van der Waals surface area contributed by atoms with Gasteiger partial charge in [-0.2, -0.15) is 0 Å². The van der Waals surface area contributed by atoms with Gasteiger partial charge in [0.15, 0.2) is 5.82 Å². The van der Waals surface area contributed by atoms with Crippen molar-refractivity contribution in [1.29, 1.82) is 0 Å². The van der Waals surface area contributed by atoms with Gasteiger partial charge in [0.1, 0.15) is 6.33 Å². The van der Waals surface area contributed by atoms with Gasteiger partial charge in [-0.1, -0.05) is 0 Å². The minimum atomic E-state index is 0.751. The molecule has 0 unspecified atom stereocenters. The minimum absolute atomic E-state index is 0.751. The van der Waals surface area contributed by atoms with Crippen LogP contribution in [0.2, 0.25) is 0 Å². The average Bonchev–Trinajstić information content (AvgIpc) is 2.94. The first-order valence-electron chi connectivity index (χ1n) is 5.26. The molecule has 0 saturated heterocycles. The summed E-state index contributed by atoms with van der Waals surface area (Å²) >= 11 is 1.78. The standard InChI is InChI=1S/C11H11N5S/c1-8-2-3-9(17-8)6-13-10-11-15-14-7-16(11)5-4-12-10/h2-5,7H,6H2,1H3,(H,12,13). The first-order chi connectivity index (χ1) is 8.33. The molecule has 0 aromatic carbocycles. The van der Waals surface area contributed by atoms with Crippen LogP contribution in [0, 0.1) is 6.92 Å². The second-order valence-corrected chi connectivity index (χ2v) is 5.08. The first-order valence-corrected chi connectivity index (χ1v) is 6.08. The van der Waals surface area contributed by atoms with E-state index in [4.69, 9.17) is 0 Å². The van der Waals surface area contributed by atoms with Crippen molar-refractivity contribution >= 4 is 22.8 Å². The Bertz CT molecular complexity index is 642. The van der Waals surface area contributed by atoms with Gasteiger partial charge in [-0.25, -0.2) is 4.98 Å². The molecular weight excluding hydrogens is 234 g/mol. The molecule has 86 valence electrons. The molecule has 6 heteroatoms. The number of hydrogen-bond donors (Lipinski definition) is 1. The molecule has 0 atom stereocenters. The van der Waals surface area contributed by atoms with Gasteiger partial charge < -0.3 is 5.32 Å². The number of hydrogen-bond acceptors (Lipinski definition) is 5. The molecular formula is C11H11N5S. The summed E-state index contributed by atoms with van der Waals surface area (Å²) < 4.78 is 1.84. The Morgan fingerprint density at radius 1 is 1.41 bits per heavy atom. The smallest absolute Gasteiger partial charge is 0.203 e. The Hall–Kier alpha value is -1.95. The quantitative estimate of drug-likeness (QED) is 0.767. The van der Waals surface area contributed by atoms with Crippen LogP contribution < -0.4 is 5.32 Å². The van der Waals surface area contributed by atoms with Gasteiger partial charge in [-0.3, -0.25) is 4.40 Å². The number of thiophene rings is 1. The van der Waals surface area contributed by atoms with Crippen LogP contribution in [0.15, 0.2) is 30.9 Å². The molecule has 3 heterocycles. The van der Waals surface area contributed by atoms with Gasteiger partial charge in [0.05, 0.1) is 6.54 Å². The number of fused-ring (bicyclic) bond motifs is 1. The molecule has 0 aliphatic carbocycles.